The number of nitrogens with one attached hydrogen (secondary N) is 2. The first kappa shape index (κ1) is 23.3. The number of rotatable bonds is 7. The molecule has 0 atom stereocenters. The number of ether oxygens (including phenoxy) is 1. The molecular weight excluding hydrogens is 464 g/mol. The molecule has 0 bridgehead atoms. The van der Waals surface area contributed by atoms with E-state index in [0.29, 0.717) is 29.0 Å². The van der Waals surface area contributed by atoms with Crippen LogP contribution in [0.1, 0.15) is 24.2 Å². The van der Waals surface area contributed by atoms with Gasteiger partial charge in [0.25, 0.3) is 11.1 Å². The van der Waals surface area contributed by atoms with Gasteiger partial charge in [0.1, 0.15) is 11.3 Å². The second-order valence-corrected chi connectivity index (χ2v) is 9.54. The first-order valence-electron chi connectivity index (χ1n) is 11.6. The number of carbonyl (C=O) groups excluding carboxylic acids is 2. The van der Waals surface area contributed by atoms with Crippen molar-refractivity contribution in [2.24, 2.45) is 5.92 Å². The molecule has 2 fully saturated rings. The standard InChI is InChI=1S/C25H26N6O3S/c1-34-20-4-2-3-17-5-6-19(28-22(17)20)15-26-14-16-8-11-31(12-9-16)24-27-10-7-18(29-24)13-21-23(32)30-25(33)35-21/h2-7,10,13,16,26H,8-9,11-12,14-15H2,1H3,(H,30,32,33)/b21-13+. The average molecular weight is 491 g/mol. The third-order valence-electron chi connectivity index (χ3n) is 6.18. The predicted molar refractivity (Wildman–Crippen MR) is 136 cm³/mol. The monoisotopic (exact) mass is 490 g/mol. The number of pyridine rings is 1. The summed E-state index contributed by atoms with van der Waals surface area (Å²) in [4.78, 5) is 39.4. The van der Waals surface area contributed by atoms with E-state index in [4.69, 9.17) is 9.72 Å². The summed E-state index contributed by atoms with van der Waals surface area (Å²) in [5.41, 5.74) is 2.50. The molecule has 3 aromatic rings. The van der Waals surface area contributed by atoms with Gasteiger partial charge in [-0.2, -0.15) is 0 Å². The van der Waals surface area contributed by atoms with Crippen LogP contribution in [-0.2, 0) is 11.3 Å². The van der Waals surface area contributed by atoms with Crippen LogP contribution in [-0.4, -0.2) is 52.8 Å². The highest BCUT2D eigenvalue weighted by molar-refractivity contribution is 8.18. The highest BCUT2D eigenvalue weighted by atomic mass is 32.2. The Hall–Kier alpha value is -3.50. The van der Waals surface area contributed by atoms with Gasteiger partial charge >= 0.3 is 0 Å². The molecule has 1 aromatic carbocycles. The maximum absolute atomic E-state index is 11.8. The van der Waals surface area contributed by atoms with Gasteiger partial charge in [0, 0.05) is 31.2 Å². The van der Waals surface area contributed by atoms with Gasteiger partial charge < -0.3 is 15.0 Å². The van der Waals surface area contributed by atoms with E-state index in [1.165, 1.54) is 0 Å². The molecule has 2 saturated heterocycles. The van der Waals surface area contributed by atoms with Gasteiger partial charge in [-0.1, -0.05) is 18.2 Å². The molecule has 10 heteroatoms. The van der Waals surface area contributed by atoms with Crippen LogP contribution in [0.5, 0.6) is 5.75 Å². The first-order valence-corrected chi connectivity index (χ1v) is 12.4. The maximum Gasteiger partial charge on any atom is 0.290 e. The van der Waals surface area contributed by atoms with E-state index >= 15 is 0 Å². The third kappa shape index (κ3) is 5.44. The van der Waals surface area contributed by atoms with Crippen LogP contribution >= 0.6 is 11.8 Å². The lowest BCUT2D eigenvalue weighted by Gasteiger charge is -2.32. The lowest BCUT2D eigenvalue weighted by atomic mass is 9.97. The van der Waals surface area contributed by atoms with Crippen LogP contribution in [0.25, 0.3) is 17.0 Å². The second kappa shape index (κ2) is 10.4. The predicted octanol–water partition coefficient (Wildman–Crippen LogP) is 3.36. The molecule has 0 spiro atoms. The molecule has 9 nitrogen and oxygen atoms in total. The van der Waals surface area contributed by atoms with Gasteiger partial charge in [0.05, 0.1) is 23.4 Å². The SMILES string of the molecule is COc1cccc2ccc(CNCC3CCN(c4nccc(/C=C5/SC(=O)NC5=O)n4)CC3)nc12. The van der Waals surface area contributed by atoms with Gasteiger partial charge in [0.15, 0.2) is 0 Å². The van der Waals surface area contributed by atoms with Gasteiger partial charge in [-0.05, 0) is 61.3 Å². The van der Waals surface area contributed by atoms with Crippen molar-refractivity contribution in [2.75, 3.05) is 31.6 Å². The molecule has 2 aromatic heterocycles. The normalized spacial score (nSPS) is 17.9. The van der Waals surface area contributed by atoms with Crippen molar-refractivity contribution in [2.45, 2.75) is 19.4 Å². The van der Waals surface area contributed by atoms with E-state index in [-0.39, 0.29) is 11.1 Å². The number of benzene rings is 1. The fourth-order valence-corrected chi connectivity index (χ4v) is 4.98. The number of para-hydroxylation sites is 1. The summed E-state index contributed by atoms with van der Waals surface area (Å²) < 4.78 is 5.44. The summed E-state index contributed by atoms with van der Waals surface area (Å²) in [5, 5.41) is 6.53. The zero-order valence-corrected chi connectivity index (χ0v) is 20.2. The summed E-state index contributed by atoms with van der Waals surface area (Å²) >= 11 is 0.888. The third-order valence-corrected chi connectivity index (χ3v) is 6.99. The molecule has 2 N–H and O–H groups in total. The number of fused-ring (bicyclic) bond motifs is 1. The van der Waals surface area contributed by atoms with Crippen molar-refractivity contribution in [3.8, 4) is 5.75 Å². The van der Waals surface area contributed by atoms with Gasteiger partial charge in [-0.15, -0.1) is 0 Å². The maximum atomic E-state index is 11.8. The van der Waals surface area contributed by atoms with Crippen molar-refractivity contribution in [1.82, 2.24) is 25.6 Å². The Morgan fingerprint density at radius 2 is 2.03 bits per heavy atom. The first-order chi connectivity index (χ1) is 17.1. The number of hydrogen-bond acceptors (Lipinski definition) is 9. The number of piperidine rings is 1. The van der Waals surface area contributed by atoms with Gasteiger partial charge in [0.2, 0.25) is 5.95 Å². The number of hydrogen-bond donors (Lipinski definition) is 2. The van der Waals surface area contributed by atoms with E-state index in [1.54, 1.807) is 25.4 Å². The van der Waals surface area contributed by atoms with Crippen molar-refractivity contribution in [1.29, 1.82) is 0 Å². The molecule has 4 heterocycles. The smallest absolute Gasteiger partial charge is 0.290 e. The van der Waals surface area contributed by atoms with Gasteiger partial charge in [-0.3, -0.25) is 14.9 Å². The van der Waals surface area contributed by atoms with Crippen molar-refractivity contribution < 1.29 is 14.3 Å². The van der Waals surface area contributed by atoms with Crippen molar-refractivity contribution in [3.05, 3.63) is 58.9 Å². The minimum atomic E-state index is -0.383. The van der Waals surface area contributed by atoms with Crippen LogP contribution in [0.4, 0.5) is 10.7 Å². The summed E-state index contributed by atoms with van der Waals surface area (Å²) in [6.07, 6.45) is 5.39. The second-order valence-electron chi connectivity index (χ2n) is 8.53. The van der Waals surface area contributed by atoms with E-state index in [2.05, 4.69) is 37.6 Å². The number of aromatic nitrogens is 3. The van der Waals surface area contributed by atoms with Crippen LogP contribution in [0.3, 0.4) is 0 Å². The zero-order chi connectivity index (χ0) is 24.2. The Balaban J connectivity index is 1.13. The number of amides is 2. The summed E-state index contributed by atoms with van der Waals surface area (Å²) in [6, 6.07) is 11.8. The highest BCUT2D eigenvalue weighted by Crippen LogP contribution is 2.26. The largest absolute Gasteiger partial charge is 0.494 e. The summed E-state index contributed by atoms with van der Waals surface area (Å²) in [7, 11) is 1.67. The van der Waals surface area contributed by atoms with Crippen LogP contribution in [0.15, 0.2) is 47.5 Å². The quantitative estimate of drug-likeness (QED) is 0.482. The summed E-state index contributed by atoms with van der Waals surface area (Å²) in [6.45, 7) is 3.37. The fourth-order valence-electron chi connectivity index (χ4n) is 4.31. The number of imide groups is 1. The van der Waals surface area contributed by atoms with E-state index in [9.17, 15) is 9.59 Å². The zero-order valence-electron chi connectivity index (χ0n) is 19.4. The molecule has 2 aliphatic rings. The Morgan fingerprint density at radius 3 is 2.80 bits per heavy atom. The van der Waals surface area contributed by atoms with Crippen molar-refractivity contribution >= 4 is 45.8 Å². The van der Waals surface area contributed by atoms with E-state index in [0.717, 1.165) is 66.6 Å². The lowest BCUT2D eigenvalue weighted by Crippen LogP contribution is -2.38. The molecule has 0 unspecified atom stereocenters. The molecule has 2 amide bonds. The Bertz CT molecular complexity index is 1290. The van der Waals surface area contributed by atoms with Crippen molar-refractivity contribution in [3.63, 3.8) is 0 Å². The molecule has 0 aliphatic carbocycles. The van der Waals surface area contributed by atoms with Crippen LogP contribution in [0, 0.1) is 5.92 Å². The molecule has 0 saturated carbocycles. The topological polar surface area (TPSA) is 109 Å². The Labute approximate surface area is 207 Å². The number of methoxy groups -OCH3 is 1. The molecule has 35 heavy (non-hydrogen) atoms. The van der Waals surface area contributed by atoms with Crippen LogP contribution < -0.4 is 20.3 Å². The van der Waals surface area contributed by atoms with Gasteiger partial charge in [-0.25, -0.2) is 15.0 Å². The Kier molecular flexibility index (Phi) is 6.91. The Morgan fingerprint density at radius 1 is 1.17 bits per heavy atom. The van der Waals surface area contributed by atoms with E-state index in [1.807, 2.05) is 18.2 Å². The molecule has 5 rings (SSSR count). The number of anilines is 1. The number of carbonyl (C=O) groups is 2. The highest BCUT2D eigenvalue weighted by Gasteiger charge is 2.25. The van der Waals surface area contributed by atoms with E-state index < -0.39 is 0 Å². The molecule has 180 valence electrons. The number of nitrogens with zero attached hydrogens (tertiary/aromatic N) is 4. The minimum absolute atomic E-state index is 0.351. The molecule has 0 radical (unpaired) electrons. The van der Waals surface area contributed by atoms with Crippen LogP contribution in [0.2, 0.25) is 0 Å². The lowest BCUT2D eigenvalue weighted by molar-refractivity contribution is -0.115. The number of thioether (sulfide) groups is 1. The summed E-state index contributed by atoms with van der Waals surface area (Å²) in [5.74, 6) is 1.62. The molecular formula is C25H26N6O3S. The molecule has 2 aliphatic heterocycles. The minimum Gasteiger partial charge on any atom is -0.494 e. The fraction of sp³-hybridized carbons (Fsp3) is 0.320. The average Bonchev–Trinajstić information content (AvgIpc) is 3.20.